The zero-order chi connectivity index (χ0) is 11.8. The fourth-order valence-electron chi connectivity index (χ4n) is 1.47. The van der Waals surface area contributed by atoms with Crippen molar-refractivity contribution in [2.75, 3.05) is 0 Å². The Morgan fingerprint density at radius 3 is 2.62 bits per heavy atom. The molecule has 2 nitrogen and oxygen atoms in total. The second-order valence-electron chi connectivity index (χ2n) is 3.71. The number of rotatable bonds is 5. The summed E-state index contributed by atoms with van der Waals surface area (Å²) in [5, 5.41) is 0. The first-order valence-corrected chi connectivity index (χ1v) is 5.63. The largest absolute Gasteiger partial charge is 0.458 e. The van der Waals surface area contributed by atoms with Crippen LogP contribution in [0.1, 0.15) is 32.3 Å². The Labute approximate surface area is 96.9 Å². The molecule has 0 aromatic heterocycles. The zero-order valence-corrected chi connectivity index (χ0v) is 9.85. The number of hydrogen-bond donors (Lipinski definition) is 0. The second-order valence-corrected chi connectivity index (χ2v) is 3.71. The van der Waals surface area contributed by atoms with Crippen molar-refractivity contribution in [3.05, 3.63) is 42.0 Å². The Morgan fingerprint density at radius 2 is 2.06 bits per heavy atom. The first kappa shape index (κ1) is 12.5. The van der Waals surface area contributed by atoms with Gasteiger partial charge in [-0.1, -0.05) is 49.8 Å². The van der Waals surface area contributed by atoms with Crippen molar-refractivity contribution >= 4 is 12.0 Å². The summed E-state index contributed by atoms with van der Waals surface area (Å²) in [7, 11) is 0. The fraction of sp³-hybridized carbons (Fsp3) is 0.357. The quantitative estimate of drug-likeness (QED) is 0.708. The van der Waals surface area contributed by atoms with Crippen molar-refractivity contribution < 1.29 is 9.53 Å². The topological polar surface area (TPSA) is 26.3 Å². The molecule has 0 saturated heterocycles. The summed E-state index contributed by atoms with van der Waals surface area (Å²) in [4.78, 5) is 10.9. The molecule has 0 unspecified atom stereocenters. The van der Waals surface area contributed by atoms with Crippen molar-refractivity contribution in [2.45, 2.75) is 32.8 Å². The molecule has 0 fully saturated rings. The lowest BCUT2D eigenvalue weighted by atomic mass is 10.1. The highest BCUT2D eigenvalue weighted by molar-refractivity contribution is 5.66. The molecule has 0 aliphatic heterocycles. The molecule has 0 aliphatic rings. The summed E-state index contributed by atoms with van der Waals surface area (Å²) in [6.45, 7) is 3.52. The van der Waals surface area contributed by atoms with Crippen LogP contribution in [0.15, 0.2) is 36.4 Å². The van der Waals surface area contributed by atoms with Gasteiger partial charge in [-0.25, -0.2) is 0 Å². The Bertz CT molecular complexity index is 341. The average molecular weight is 218 g/mol. The molecule has 0 amide bonds. The third-order valence-electron chi connectivity index (χ3n) is 2.19. The van der Waals surface area contributed by atoms with E-state index in [0.29, 0.717) is 0 Å². The van der Waals surface area contributed by atoms with Crippen molar-refractivity contribution in [1.82, 2.24) is 0 Å². The lowest BCUT2D eigenvalue weighted by molar-refractivity contribution is -0.144. The van der Waals surface area contributed by atoms with Crippen LogP contribution >= 0.6 is 0 Å². The van der Waals surface area contributed by atoms with Gasteiger partial charge in [-0.2, -0.15) is 0 Å². The lowest BCUT2D eigenvalue weighted by Gasteiger charge is -2.11. The van der Waals surface area contributed by atoms with E-state index in [1.54, 1.807) is 0 Å². The number of carbonyl (C=O) groups excluding carboxylic acids is 1. The summed E-state index contributed by atoms with van der Waals surface area (Å²) >= 11 is 0. The molecule has 1 rings (SSSR count). The Balaban J connectivity index is 2.60. The molecule has 0 spiro atoms. The highest BCUT2D eigenvalue weighted by Crippen LogP contribution is 2.08. The molecule has 0 bridgehead atoms. The maximum Gasteiger partial charge on any atom is 0.303 e. The smallest absolute Gasteiger partial charge is 0.303 e. The molecule has 2 heteroatoms. The average Bonchev–Trinajstić information content (AvgIpc) is 2.27. The predicted octanol–water partition coefficient (Wildman–Crippen LogP) is 3.43. The molecule has 1 aromatic carbocycles. The summed E-state index contributed by atoms with van der Waals surface area (Å²) < 4.78 is 5.19. The third-order valence-corrected chi connectivity index (χ3v) is 2.19. The van der Waals surface area contributed by atoms with E-state index in [9.17, 15) is 4.79 Å². The van der Waals surface area contributed by atoms with Crippen LogP contribution in [-0.2, 0) is 9.53 Å². The molecule has 0 N–H and O–H groups in total. The van der Waals surface area contributed by atoms with Gasteiger partial charge in [-0.05, 0) is 18.1 Å². The van der Waals surface area contributed by atoms with Crippen LogP contribution in [0.2, 0.25) is 0 Å². The van der Waals surface area contributed by atoms with Crippen molar-refractivity contribution in [2.24, 2.45) is 0 Å². The van der Waals surface area contributed by atoms with Gasteiger partial charge in [0.05, 0.1) is 0 Å². The van der Waals surface area contributed by atoms with Gasteiger partial charge in [0.15, 0.2) is 0 Å². The Hall–Kier alpha value is -1.57. The van der Waals surface area contributed by atoms with E-state index in [2.05, 4.69) is 6.92 Å². The van der Waals surface area contributed by atoms with Crippen LogP contribution in [0.3, 0.4) is 0 Å². The van der Waals surface area contributed by atoms with Crippen LogP contribution < -0.4 is 0 Å². The van der Waals surface area contributed by atoms with E-state index in [-0.39, 0.29) is 12.1 Å². The highest BCUT2D eigenvalue weighted by atomic mass is 16.5. The highest BCUT2D eigenvalue weighted by Gasteiger charge is 2.05. The SMILES string of the molecule is CCC[C@H](/C=C/c1ccccc1)OC(C)=O. The zero-order valence-electron chi connectivity index (χ0n) is 9.85. The van der Waals surface area contributed by atoms with Gasteiger partial charge in [0.25, 0.3) is 0 Å². The van der Waals surface area contributed by atoms with Crippen molar-refractivity contribution in [3.8, 4) is 0 Å². The minimum Gasteiger partial charge on any atom is -0.458 e. The van der Waals surface area contributed by atoms with Crippen molar-refractivity contribution in [1.29, 1.82) is 0 Å². The van der Waals surface area contributed by atoms with Gasteiger partial charge in [0.2, 0.25) is 0 Å². The van der Waals surface area contributed by atoms with Gasteiger partial charge >= 0.3 is 5.97 Å². The Kier molecular flexibility index (Phi) is 5.34. The molecule has 0 aliphatic carbocycles. The summed E-state index contributed by atoms with van der Waals surface area (Å²) in [5.74, 6) is -0.226. The van der Waals surface area contributed by atoms with Gasteiger partial charge in [0, 0.05) is 6.92 Å². The summed E-state index contributed by atoms with van der Waals surface area (Å²) in [6.07, 6.45) is 5.69. The van der Waals surface area contributed by atoms with Gasteiger partial charge in [0.1, 0.15) is 6.10 Å². The molecule has 1 aromatic rings. The second kappa shape index (κ2) is 6.83. The monoisotopic (exact) mass is 218 g/mol. The molecule has 16 heavy (non-hydrogen) atoms. The van der Waals surface area contributed by atoms with Gasteiger partial charge < -0.3 is 4.74 Å². The van der Waals surface area contributed by atoms with E-state index in [1.807, 2.05) is 42.5 Å². The van der Waals surface area contributed by atoms with E-state index < -0.39 is 0 Å². The standard InChI is InChI=1S/C14H18O2/c1-3-7-14(16-12(2)15)11-10-13-8-5-4-6-9-13/h4-6,8-11,14H,3,7H2,1-2H3/b11-10+/t14-/m1/s1. The van der Waals surface area contributed by atoms with Gasteiger partial charge in [-0.15, -0.1) is 0 Å². The number of ether oxygens (including phenoxy) is 1. The molecule has 0 radical (unpaired) electrons. The molecular weight excluding hydrogens is 200 g/mol. The normalized spacial score (nSPS) is 12.6. The summed E-state index contributed by atoms with van der Waals surface area (Å²) in [6, 6.07) is 9.99. The first-order valence-electron chi connectivity index (χ1n) is 5.63. The molecule has 1 atom stereocenters. The number of carbonyl (C=O) groups is 1. The lowest BCUT2D eigenvalue weighted by Crippen LogP contribution is -2.12. The van der Waals surface area contributed by atoms with Crippen LogP contribution in [0, 0.1) is 0 Å². The van der Waals surface area contributed by atoms with Crippen molar-refractivity contribution in [3.63, 3.8) is 0 Å². The van der Waals surface area contributed by atoms with E-state index >= 15 is 0 Å². The molecule has 0 saturated carbocycles. The third kappa shape index (κ3) is 4.78. The van der Waals surface area contributed by atoms with Crippen LogP contribution in [-0.4, -0.2) is 12.1 Å². The number of esters is 1. The maximum absolute atomic E-state index is 10.9. The summed E-state index contributed by atoms with van der Waals surface area (Å²) in [5.41, 5.74) is 1.12. The number of hydrogen-bond acceptors (Lipinski definition) is 2. The van der Waals surface area contributed by atoms with Gasteiger partial charge in [-0.3, -0.25) is 4.79 Å². The predicted molar refractivity (Wildman–Crippen MR) is 65.9 cm³/mol. The first-order chi connectivity index (χ1) is 7.72. The minimum atomic E-state index is -0.226. The van der Waals surface area contributed by atoms with Crippen LogP contribution in [0.5, 0.6) is 0 Å². The van der Waals surface area contributed by atoms with Crippen LogP contribution in [0.4, 0.5) is 0 Å². The van der Waals surface area contributed by atoms with E-state index in [4.69, 9.17) is 4.74 Å². The Morgan fingerprint density at radius 1 is 1.38 bits per heavy atom. The molecule has 0 heterocycles. The van der Waals surface area contributed by atoms with Crippen LogP contribution in [0.25, 0.3) is 6.08 Å². The van der Waals surface area contributed by atoms with E-state index in [0.717, 1.165) is 18.4 Å². The fourth-order valence-corrected chi connectivity index (χ4v) is 1.47. The molecule has 86 valence electrons. The van der Waals surface area contributed by atoms with E-state index in [1.165, 1.54) is 6.92 Å². The number of benzene rings is 1. The minimum absolute atomic E-state index is 0.109. The molecular formula is C14H18O2. The maximum atomic E-state index is 10.9.